The summed E-state index contributed by atoms with van der Waals surface area (Å²) in [6, 6.07) is 6.63. The molecule has 102 valence electrons. The second kappa shape index (κ2) is 5.34. The first-order valence-electron chi connectivity index (χ1n) is 6.50. The quantitative estimate of drug-likeness (QED) is 0.915. The van der Waals surface area contributed by atoms with E-state index in [-0.39, 0.29) is 6.04 Å². The molecule has 0 aliphatic carbocycles. The average Bonchev–Trinajstić information content (AvgIpc) is 2.77. The predicted molar refractivity (Wildman–Crippen MR) is 80.8 cm³/mol. The molecule has 0 spiro atoms. The molecule has 0 radical (unpaired) electrons. The van der Waals surface area contributed by atoms with Gasteiger partial charge < -0.3 is 14.8 Å². The lowest BCUT2D eigenvalue weighted by molar-refractivity contribution is 0.721. The third-order valence-corrected chi connectivity index (χ3v) is 3.34. The standard InChI is InChI=1S/C15H22N4/c1-11-10-13(18(3)4)6-7-14(11)17-12(2)15-16-8-9-19(15)5/h6-10,12,17H,1-5H3. The summed E-state index contributed by atoms with van der Waals surface area (Å²) in [6.45, 7) is 4.25. The molecule has 0 saturated carbocycles. The van der Waals surface area contributed by atoms with Crippen LogP contribution in [0.3, 0.4) is 0 Å². The maximum absolute atomic E-state index is 4.38. The minimum Gasteiger partial charge on any atom is -0.378 e. The number of nitrogens with zero attached hydrogens (tertiary/aromatic N) is 3. The zero-order valence-corrected chi connectivity index (χ0v) is 12.3. The Morgan fingerprint density at radius 3 is 2.58 bits per heavy atom. The lowest BCUT2D eigenvalue weighted by atomic mass is 10.1. The van der Waals surface area contributed by atoms with Crippen LogP contribution in [0.5, 0.6) is 0 Å². The first-order chi connectivity index (χ1) is 8.99. The van der Waals surface area contributed by atoms with Crippen molar-refractivity contribution in [3.63, 3.8) is 0 Å². The van der Waals surface area contributed by atoms with E-state index in [1.54, 1.807) is 0 Å². The van der Waals surface area contributed by atoms with Crippen molar-refractivity contribution in [2.45, 2.75) is 19.9 Å². The topological polar surface area (TPSA) is 33.1 Å². The molecular formula is C15H22N4. The van der Waals surface area contributed by atoms with E-state index >= 15 is 0 Å². The fourth-order valence-electron chi connectivity index (χ4n) is 2.18. The van der Waals surface area contributed by atoms with Gasteiger partial charge in [-0.15, -0.1) is 0 Å². The number of imidazole rings is 1. The molecule has 4 heteroatoms. The summed E-state index contributed by atoms with van der Waals surface area (Å²) >= 11 is 0. The van der Waals surface area contributed by atoms with E-state index in [1.807, 2.05) is 24.0 Å². The molecule has 4 nitrogen and oxygen atoms in total. The van der Waals surface area contributed by atoms with Gasteiger partial charge in [0, 0.05) is 44.9 Å². The summed E-state index contributed by atoms with van der Waals surface area (Å²) in [7, 11) is 6.12. The molecule has 1 N–H and O–H groups in total. The van der Waals surface area contributed by atoms with Crippen LogP contribution in [0.25, 0.3) is 0 Å². The molecule has 0 amide bonds. The average molecular weight is 258 g/mol. The molecule has 0 saturated heterocycles. The molecule has 0 aliphatic rings. The van der Waals surface area contributed by atoms with Gasteiger partial charge in [-0.05, 0) is 37.6 Å². The lowest BCUT2D eigenvalue weighted by Gasteiger charge is -2.19. The molecule has 2 rings (SSSR count). The normalized spacial score (nSPS) is 12.3. The monoisotopic (exact) mass is 258 g/mol. The molecule has 1 unspecified atom stereocenters. The van der Waals surface area contributed by atoms with Crippen LogP contribution >= 0.6 is 0 Å². The number of benzene rings is 1. The van der Waals surface area contributed by atoms with Gasteiger partial charge in [0.05, 0.1) is 6.04 Å². The Kier molecular flexibility index (Phi) is 3.79. The highest BCUT2D eigenvalue weighted by atomic mass is 15.1. The summed E-state index contributed by atoms with van der Waals surface area (Å²) in [6.07, 6.45) is 3.80. The van der Waals surface area contributed by atoms with Gasteiger partial charge in [-0.25, -0.2) is 4.98 Å². The Hall–Kier alpha value is -1.97. The number of aryl methyl sites for hydroxylation is 2. The molecule has 0 bridgehead atoms. The Bertz CT molecular complexity index is 557. The van der Waals surface area contributed by atoms with Gasteiger partial charge in [0.1, 0.15) is 5.82 Å². The van der Waals surface area contributed by atoms with E-state index in [2.05, 4.69) is 61.3 Å². The maximum atomic E-state index is 4.38. The first-order valence-corrected chi connectivity index (χ1v) is 6.50. The fraction of sp³-hybridized carbons (Fsp3) is 0.400. The predicted octanol–water partition coefficient (Wildman–Crippen LogP) is 2.97. The first kappa shape index (κ1) is 13.5. The summed E-state index contributed by atoms with van der Waals surface area (Å²) in [4.78, 5) is 6.49. The Morgan fingerprint density at radius 1 is 1.32 bits per heavy atom. The number of nitrogens with one attached hydrogen (secondary N) is 1. The number of rotatable bonds is 4. The summed E-state index contributed by atoms with van der Waals surface area (Å²) in [5.74, 6) is 1.04. The van der Waals surface area contributed by atoms with Crippen LogP contribution in [0, 0.1) is 6.92 Å². The number of hydrogen-bond acceptors (Lipinski definition) is 3. The van der Waals surface area contributed by atoms with Crippen LogP contribution in [0.15, 0.2) is 30.6 Å². The third kappa shape index (κ3) is 2.89. The van der Waals surface area contributed by atoms with E-state index in [9.17, 15) is 0 Å². The fourth-order valence-corrected chi connectivity index (χ4v) is 2.18. The highest BCUT2D eigenvalue weighted by Crippen LogP contribution is 2.24. The molecular weight excluding hydrogens is 236 g/mol. The second-order valence-corrected chi connectivity index (χ2v) is 5.16. The maximum Gasteiger partial charge on any atom is 0.130 e. The molecule has 2 aromatic rings. The van der Waals surface area contributed by atoms with Crippen molar-refractivity contribution in [2.75, 3.05) is 24.3 Å². The third-order valence-electron chi connectivity index (χ3n) is 3.34. The van der Waals surface area contributed by atoms with Gasteiger partial charge in [-0.3, -0.25) is 0 Å². The van der Waals surface area contributed by atoms with E-state index < -0.39 is 0 Å². The van der Waals surface area contributed by atoms with Gasteiger partial charge in [-0.1, -0.05) is 0 Å². The van der Waals surface area contributed by atoms with Gasteiger partial charge >= 0.3 is 0 Å². The SMILES string of the molecule is Cc1cc(N(C)C)ccc1NC(C)c1nccn1C. The van der Waals surface area contributed by atoms with Gasteiger partial charge in [0.2, 0.25) is 0 Å². The summed E-state index contributed by atoms with van der Waals surface area (Å²) in [5, 5.41) is 3.52. The zero-order valence-electron chi connectivity index (χ0n) is 12.3. The number of hydrogen-bond donors (Lipinski definition) is 1. The zero-order chi connectivity index (χ0) is 14.0. The second-order valence-electron chi connectivity index (χ2n) is 5.16. The van der Waals surface area contributed by atoms with Gasteiger partial charge in [-0.2, -0.15) is 0 Å². The van der Waals surface area contributed by atoms with Crippen molar-refractivity contribution in [3.8, 4) is 0 Å². The van der Waals surface area contributed by atoms with Crippen LogP contribution in [-0.2, 0) is 7.05 Å². The molecule has 0 aliphatic heterocycles. The lowest BCUT2D eigenvalue weighted by Crippen LogP contribution is -2.13. The largest absolute Gasteiger partial charge is 0.378 e. The molecule has 1 atom stereocenters. The Morgan fingerprint density at radius 2 is 2.05 bits per heavy atom. The van der Waals surface area contributed by atoms with Crippen LogP contribution in [0.2, 0.25) is 0 Å². The summed E-state index contributed by atoms with van der Waals surface area (Å²) in [5.41, 5.74) is 3.61. The molecule has 19 heavy (non-hydrogen) atoms. The Balaban J connectivity index is 2.18. The molecule has 1 heterocycles. The van der Waals surface area contributed by atoms with Crippen molar-refractivity contribution in [1.29, 1.82) is 0 Å². The van der Waals surface area contributed by atoms with Crippen molar-refractivity contribution >= 4 is 11.4 Å². The van der Waals surface area contributed by atoms with Gasteiger partial charge in [0.15, 0.2) is 0 Å². The van der Waals surface area contributed by atoms with Crippen LogP contribution in [0.1, 0.15) is 24.4 Å². The van der Waals surface area contributed by atoms with E-state index in [0.717, 1.165) is 11.5 Å². The van der Waals surface area contributed by atoms with E-state index in [4.69, 9.17) is 0 Å². The minimum atomic E-state index is 0.184. The van der Waals surface area contributed by atoms with Crippen molar-refractivity contribution in [1.82, 2.24) is 9.55 Å². The minimum absolute atomic E-state index is 0.184. The number of anilines is 2. The van der Waals surface area contributed by atoms with E-state index in [0.29, 0.717) is 0 Å². The van der Waals surface area contributed by atoms with Crippen molar-refractivity contribution < 1.29 is 0 Å². The summed E-state index contributed by atoms with van der Waals surface area (Å²) < 4.78 is 2.04. The highest BCUT2D eigenvalue weighted by Gasteiger charge is 2.11. The van der Waals surface area contributed by atoms with Gasteiger partial charge in [0.25, 0.3) is 0 Å². The van der Waals surface area contributed by atoms with E-state index in [1.165, 1.54) is 11.3 Å². The molecule has 0 fully saturated rings. The van der Waals surface area contributed by atoms with Crippen LogP contribution in [0.4, 0.5) is 11.4 Å². The smallest absolute Gasteiger partial charge is 0.130 e. The van der Waals surface area contributed by atoms with Crippen molar-refractivity contribution in [3.05, 3.63) is 42.0 Å². The Labute approximate surface area is 115 Å². The number of aromatic nitrogens is 2. The molecule has 1 aromatic carbocycles. The van der Waals surface area contributed by atoms with Crippen molar-refractivity contribution in [2.24, 2.45) is 7.05 Å². The highest BCUT2D eigenvalue weighted by molar-refractivity contribution is 5.60. The van der Waals surface area contributed by atoms with Crippen LogP contribution < -0.4 is 10.2 Å². The van der Waals surface area contributed by atoms with Crippen LogP contribution in [-0.4, -0.2) is 23.6 Å². The molecule has 1 aromatic heterocycles.